The lowest BCUT2D eigenvalue weighted by molar-refractivity contribution is -0.140. The summed E-state index contributed by atoms with van der Waals surface area (Å²) in [5.41, 5.74) is 1.19. The second-order valence-corrected chi connectivity index (χ2v) is 7.07. The molecule has 1 saturated carbocycles. The topological polar surface area (TPSA) is 44.8 Å². The van der Waals surface area contributed by atoms with Crippen LogP contribution in [0.15, 0.2) is 48.5 Å². The fourth-order valence-electron chi connectivity index (χ4n) is 3.10. The van der Waals surface area contributed by atoms with Crippen molar-refractivity contribution in [3.05, 3.63) is 54.1 Å². The Morgan fingerprint density at radius 3 is 1.70 bits per heavy atom. The van der Waals surface area contributed by atoms with Crippen LogP contribution in [0, 0.1) is 18.8 Å². The Balaban J connectivity index is 0.00000106. The number of aryl methyl sites for hydroxylation is 1. The molecule has 1 aliphatic carbocycles. The molecule has 0 heterocycles. The van der Waals surface area contributed by atoms with Crippen LogP contribution in [0.4, 0.5) is 0 Å². The summed E-state index contributed by atoms with van der Waals surface area (Å²) in [6, 6.07) is 14.9. The van der Waals surface area contributed by atoms with E-state index < -0.39 is 0 Å². The zero-order valence-corrected chi connectivity index (χ0v) is 19.4. The van der Waals surface area contributed by atoms with Gasteiger partial charge in [-0.3, -0.25) is 4.79 Å². The van der Waals surface area contributed by atoms with E-state index in [1.165, 1.54) is 5.56 Å². The first-order valence-electron chi connectivity index (χ1n) is 11.2. The van der Waals surface area contributed by atoms with Gasteiger partial charge in [0, 0.05) is 0 Å². The van der Waals surface area contributed by atoms with Crippen LogP contribution in [-0.4, -0.2) is 12.8 Å². The molecule has 166 valence electrons. The van der Waals surface area contributed by atoms with Crippen LogP contribution in [0.5, 0.6) is 17.2 Å². The minimum absolute atomic E-state index is 0.0324. The van der Waals surface area contributed by atoms with E-state index in [1.807, 2.05) is 58.9 Å². The number of carbonyl (C=O) groups excluding carboxylic acids is 1. The first-order chi connectivity index (χ1) is 14.6. The minimum Gasteiger partial charge on any atom is -0.458 e. The van der Waals surface area contributed by atoms with E-state index >= 15 is 0 Å². The summed E-state index contributed by atoms with van der Waals surface area (Å²) in [7, 11) is 0. The number of hydrogen-bond donors (Lipinski definition) is 0. The molecule has 0 spiro atoms. The number of ether oxygens (including phenoxy) is 3. The Kier molecular flexibility index (Phi) is 12.3. The highest BCUT2D eigenvalue weighted by Gasteiger charge is 2.25. The van der Waals surface area contributed by atoms with E-state index in [1.54, 1.807) is 24.3 Å². The largest absolute Gasteiger partial charge is 0.458 e. The summed E-state index contributed by atoms with van der Waals surface area (Å²) in [5.74, 6) is 2.63. The molecule has 2 aromatic rings. The van der Waals surface area contributed by atoms with Gasteiger partial charge in [0.15, 0.2) is 0 Å². The van der Waals surface area contributed by atoms with E-state index in [-0.39, 0.29) is 18.7 Å². The number of hydrogen-bond acceptors (Lipinski definition) is 4. The maximum absolute atomic E-state index is 12.2. The number of rotatable bonds is 6. The normalized spacial score (nSPS) is 17.4. The third-order valence-corrected chi connectivity index (χ3v) is 4.86. The van der Waals surface area contributed by atoms with Gasteiger partial charge in [-0.2, -0.15) is 0 Å². The quantitative estimate of drug-likeness (QED) is 0.285. The highest BCUT2D eigenvalue weighted by atomic mass is 16.7. The monoisotopic (exact) mass is 414 g/mol. The molecular formula is C26H38O4. The van der Waals surface area contributed by atoms with Crippen LogP contribution in [0.2, 0.25) is 0 Å². The molecular weight excluding hydrogens is 376 g/mol. The number of carbonyl (C=O) groups is 1. The second kappa shape index (κ2) is 14.5. The van der Waals surface area contributed by atoms with Crippen molar-refractivity contribution in [2.45, 2.75) is 67.2 Å². The van der Waals surface area contributed by atoms with E-state index in [0.29, 0.717) is 11.5 Å². The zero-order valence-electron chi connectivity index (χ0n) is 19.4. The van der Waals surface area contributed by atoms with Gasteiger partial charge in [0.1, 0.15) is 17.2 Å². The van der Waals surface area contributed by atoms with E-state index in [9.17, 15) is 4.79 Å². The first-order valence-corrected chi connectivity index (χ1v) is 11.2. The molecule has 0 bridgehead atoms. The van der Waals surface area contributed by atoms with E-state index in [2.05, 4.69) is 6.92 Å². The lowest BCUT2D eigenvalue weighted by Crippen LogP contribution is -2.24. The van der Waals surface area contributed by atoms with Crippen molar-refractivity contribution in [2.24, 2.45) is 11.8 Å². The van der Waals surface area contributed by atoms with Crippen LogP contribution in [0.1, 0.15) is 65.9 Å². The van der Waals surface area contributed by atoms with Crippen molar-refractivity contribution < 1.29 is 19.0 Å². The molecule has 0 aromatic heterocycles. The van der Waals surface area contributed by atoms with Crippen LogP contribution < -0.4 is 14.2 Å². The molecule has 0 aliphatic heterocycles. The van der Waals surface area contributed by atoms with Crippen molar-refractivity contribution in [3.8, 4) is 17.2 Å². The Morgan fingerprint density at radius 1 is 0.767 bits per heavy atom. The molecule has 2 aromatic carbocycles. The first kappa shape index (κ1) is 25.5. The Morgan fingerprint density at radius 2 is 1.20 bits per heavy atom. The van der Waals surface area contributed by atoms with E-state index in [0.717, 1.165) is 37.4 Å². The third kappa shape index (κ3) is 8.89. The van der Waals surface area contributed by atoms with Gasteiger partial charge in [0.05, 0.1) is 5.92 Å². The van der Waals surface area contributed by atoms with Crippen molar-refractivity contribution in [1.29, 1.82) is 0 Å². The van der Waals surface area contributed by atoms with Gasteiger partial charge in [-0.05, 0) is 74.9 Å². The molecule has 0 N–H and O–H groups in total. The Hall–Kier alpha value is -2.49. The number of benzene rings is 2. The zero-order chi connectivity index (χ0) is 22.4. The minimum atomic E-state index is -0.117. The van der Waals surface area contributed by atoms with Crippen molar-refractivity contribution in [2.75, 3.05) is 6.79 Å². The van der Waals surface area contributed by atoms with Gasteiger partial charge in [0.2, 0.25) is 6.79 Å². The summed E-state index contributed by atoms with van der Waals surface area (Å²) in [6.45, 7) is 12.4. The molecule has 4 nitrogen and oxygen atoms in total. The van der Waals surface area contributed by atoms with Crippen LogP contribution >= 0.6 is 0 Å². The van der Waals surface area contributed by atoms with Crippen LogP contribution in [0.3, 0.4) is 0 Å². The highest BCUT2D eigenvalue weighted by molar-refractivity contribution is 5.75. The van der Waals surface area contributed by atoms with Crippen LogP contribution in [-0.2, 0) is 4.79 Å². The summed E-state index contributed by atoms with van der Waals surface area (Å²) in [6.07, 6.45) is 4.07. The molecule has 30 heavy (non-hydrogen) atoms. The van der Waals surface area contributed by atoms with Gasteiger partial charge in [-0.1, -0.05) is 52.3 Å². The predicted octanol–water partition coefficient (Wildman–Crippen LogP) is 7.19. The van der Waals surface area contributed by atoms with Crippen molar-refractivity contribution in [3.63, 3.8) is 0 Å². The molecule has 0 amide bonds. The Bertz CT molecular complexity index is 699. The van der Waals surface area contributed by atoms with Gasteiger partial charge in [-0.15, -0.1) is 0 Å². The van der Waals surface area contributed by atoms with Crippen molar-refractivity contribution in [1.82, 2.24) is 0 Å². The molecule has 1 fully saturated rings. The van der Waals surface area contributed by atoms with Gasteiger partial charge in [-0.25, -0.2) is 0 Å². The second-order valence-electron chi connectivity index (χ2n) is 7.07. The lowest BCUT2D eigenvalue weighted by Gasteiger charge is -2.24. The summed E-state index contributed by atoms with van der Waals surface area (Å²) in [4.78, 5) is 12.2. The smallest absolute Gasteiger partial charge is 0.314 e. The Labute approximate surface area is 182 Å². The third-order valence-electron chi connectivity index (χ3n) is 4.86. The molecule has 0 atom stereocenters. The van der Waals surface area contributed by atoms with Gasteiger partial charge in [0.25, 0.3) is 0 Å². The van der Waals surface area contributed by atoms with Crippen molar-refractivity contribution >= 4 is 5.97 Å². The summed E-state index contributed by atoms with van der Waals surface area (Å²) in [5, 5.41) is 0. The highest BCUT2D eigenvalue weighted by Crippen LogP contribution is 2.29. The maximum Gasteiger partial charge on any atom is 0.314 e. The standard InChI is InChI=1S/C22H26O4.2C2H6/c1-16-3-7-18(8-4-16)22(23)26-21-13-11-20(12-14-21)25-15-24-19-9-5-17(2)6-10-19;2*1-2/h5-6,9-14,16,18H,3-4,7-8,15H2,1-2H3;2*1-2H3. The van der Waals surface area contributed by atoms with Gasteiger partial charge >= 0.3 is 5.97 Å². The molecule has 1 aliphatic rings. The average molecular weight is 415 g/mol. The fraction of sp³-hybridized carbons (Fsp3) is 0.500. The van der Waals surface area contributed by atoms with Gasteiger partial charge < -0.3 is 14.2 Å². The summed E-state index contributed by atoms with van der Waals surface area (Å²) < 4.78 is 16.6. The average Bonchev–Trinajstić information content (AvgIpc) is 2.79. The molecule has 3 rings (SSSR count). The molecule has 0 unspecified atom stereocenters. The maximum atomic E-state index is 12.2. The lowest BCUT2D eigenvalue weighted by atomic mass is 9.83. The summed E-state index contributed by atoms with van der Waals surface area (Å²) >= 11 is 0. The fourth-order valence-corrected chi connectivity index (χ4v) is 3.10. The molecule has 0 radical (unpaired) electrons. The predicted molar refractivity (Wildman–Crippen MR) is 123 cm³/mol. The number of esters is 1. The molecule has 0 saturated heterocycles. The SMILES string of the molecule is CC.CC.Cc1ccc(OCOc2ccc(OC(=O)C3CCC(C)CC3)cc2)cc1. The van der Waals surface area contributed by atoms with Crippen LogP contribution in [0.25, 0.3) is 0 Å². The molecule has 4 heteroatoms. The van der Waals surface area contributed by atoms with E-state index in [4.69, 9.17) is 14.2 Å².